The van der Waals surface area contributed by atoms with Gasteiger partial charge in [-0.25, -0.2) is 9.97 Å². The van der Waals surface area contributed by atoms with E-state index in [0.29, 0.717) is 5.95 Å². The van der Waals surface area contributed by atoms with Crippen LogP contribution < -0.4 is 5.73 Å². The second-order valence-corrected chi connectivity index (χ2v) is 5.65. The van der Waals surface area contributed by atoms with Gasteiger partial charge in [-0.3, -0.25) is 0 Å². The van der Waals surface area contributed by atoms with Gasteiger partial charge in [-0.1, -0.05) is 17.8 Å². The van der Waals surface area contributed by atoms with Crippen molar-refractivity contribution in [3.05, 3.63) is 40.0 Å². The Morgan fingerprint density at radius 3 is 2.71 bits per heavy atom. The smallest absolute Gasteiger partial charge is 0.221 e. The highest BCUT2D eigenvalue weighted by atomic mass is 79.9. The van der Waals surface area contributed by atoms with Crippen LogP contribution in [0.4, 0.5) is 5.95 Å². The molecule has 2 N–H and O–H groups in total. The Morgan fingerprint density at radius 2 is 2.00 bits per heavy atom. The Bertz CT molecular complexity index is 557. The number of halogens is 1. The summed E-state index contributed by atoms with van der Waals surface area (Å²) in [6.45, 7) is 4.20. The summed E-state index contributed by atoms with van der Waals surface area (Å²) in [7, 11) is 0. The van der Waals surface area contributed by atoms with Crippen LogP contribution in [0.15, 0.2) is 38.8 Å². The molecule has 0 aliphatic carbocycles. The predicted molar refractivity (Wildman–Crippen MR) is 74.2 cm³/mol. The third-order valence-corrected chi connectivity index (χ3v) is 4.26. The van der Waals surface area contributed by atoms with Gasteiger partial charge in [0.25, 0.3) is 0 Å². The Balaban J connectivity index is 2.31. The number of nitrogens with zero attached hydrogens (tertiary/aromatic N) is 2. The van der Waals surface area contributed by atoms with E-state index in [0.717, 1.165) is 14.4 Å². The Hall–Kier alpha value is -1.07. The van der Waals surface area contributed by atoms with Crippen molar-refractivity contribution in [2.24, 2.45) is 0 Å². The molecule has 0 aliphatic heterocycles. The maximum absolute atomic E-state index is 5.58. The number of anilines is 1. The average molecular weight is 310 g/mol. The van der Waals surface area contributed by atoms with Gasteiger partial charge in [-0.15, -0.1) is 0 Å². The molecule has 0 atom stereocenters. The van der Waals surface area contributed by atoms with Crippen molar-refractivity contribution in [1.82, 2.24) is 9.97 Å². The van der Waals surface area contributed by atoms with E-state index in [-0.39, 0.29) is 0 Å². The summed E-state index contributed by atoms with van der Waals surface area (Å²) in [5.74, 6) is 0.291. The highest BCUT2D eigenvalue weighted by Crippen LogP contribution is 2.32. The second kappa shape index (κ2) is 5.06. The second-order valence-electron chi connectivity index (χ2n) is 3.73. The van der Waals surface area contributed by atoms with Crippen LogP contribution in [-0.2, 0) is 0 Å². The molecule has 2 aromatic rings. The lowest BCUT2D eigenvalue weighted by Gasteiger charge is -2.06. The molecular weight excluding hydrogens is 298 g/mol. The molecule has 2 rings (SSSR count). The quantitative estimate of drug-likeness (QED) is 0.861. The first kappa shape index (κ1) is 12.4. The molecule has 17 heavy (non-hydrogen) atoms. The molecule has 0 saturated carbocycles. The lowest BCUT2D eigenvalue weighted by Crippen LogP contribution is -1.95. The van der Waals surface area contributed by atoms with E-state index < -0.39 is 0 Å². The van der Waals surface area contributed by atoms with Crippen LogP contribution in [0, 0.1) is 13.8 Å². The van der Waals surface area contributed by atoms with E-state index in [1.165, 1.54) is 11.1 Å². The van der Waals surface area contributed by atoms with Crippen molar-refractivity contribution in [1.29, 1.82) is 0 Å². The van der Waals surface area contributed by atoms with Gasteiger partial charge in [0.05, 0.1) is 4.47 Å². The number of rotatable bonds is 2. The molecule has 3 nitrogen and oxygen atoms in total. The predicted octanol–water partition coefficient (Wildman–Crippen LogP) is 3.59. The zero-order valence-corrected chi connectivity index (χ0v) is 12.0. The summed E-state index contributed by atoms with van der Waals surface area (Å²) in [6.07, 6.45) is 1.67. The third kappa shape index (κ3) is 2.98. The highest BCUT2D eigenvalue weighted by Gasteiger charge is 2.06. The van der Waals surface area contributed by atoms with Gasteiger partial charge in [0.1, 0.15) is 5.03 Å². The average Bonchev–Trinajstić information content (AvgIpc) is 2.29. The van der Waals surface area contributed by atoms with Crippen molar-refractivity contribution in [3.63, 3.8) is 0 Å². The molecule has 1 heterocycles. The van der Waals surface area contributed by atoms with Crippen LogP contribution in [0.2, 0.25) is 0 Å². The zero-order valence-electron chi connectivity index (χ0n) is 9.57. The van der Waals surface area contributed by atoms with Crippen LogP contribution >= 0.6 is 27.7 Å². The van der Waals surface area contributed by atoms with Crippen molar-refractivity contribution >= 4 is 33.6 Å². The SMILES string of the molecule is Cc1ccc(Sc2nc(N)ncc2Br)cc1C. The Kier molecular flexibility index (Phi) is 3.69. The first-order valence-electron chi connectivity index (χ1n) is 5.09. The maximum Gasteiger partial charge on any atom is 0.221 e. The molecule has 0 spiro atoms. The molecule has 0 radical (unpaired) electrons. The lowest BCUT2D eigenvalue weighted by molar-refractivity contribution is 1.04. The molecule has 88 valence electrons. The van der Waals surface area contributed by atoms with Gasteiger partial charge in [-0.2, -0.15) is 0 Å². The summed E-state index contributed by atoms with van der Waals surface area (Å²) in [4.78, 5) is 9.27. The fourth-order valence-electron chi connectivity index (χ4n) is 1.32. The molecule has 5 heteroatoms. The zero-order chi connectivity index (χ0) is 12.4. The molecule has 0 unspecified atom stereocenters. The number of aryl methyl sites for hydroxylation is 2. The Morgan fingerprint density at radius 1 is 1.24 bits per heavy atom. The van der Waals surface area contributed by atoms with Crippen molar-refractivity contribution < 1.29 is 0 Å². The minimum Gasteiger partial charge on any atom is -0.368 e. The first-order chi connectivity index (χ1) is 8.06. The monoisotopic (exact) mass is 309 g/mol. The largest absolute Gasteiger partial charge is 0.368 e. The summed E-state index contributed by atoms with van der Waals surface area (Å²) in [5, 5.41) is 0.834. The molecule has 0 aliphatic rings. The van der Waals surface area contributed by atoms with Crippen LogP contribution in [-0.4, -0.2) is 9.97 Å². The minimum absolute atomic E-state index is 0.291. The van der Waals surface area contributed by atoms with Crippen LogP contribution in [0.25, 0.3) is 0 Å². The van der Waals surface area contributed by atoms with Gasteiger partial charge in [-0.05, 0) is 53.0 Å². The fourth-order valence-corrected chi connectivity index (χ4v) is 2.64. The number of nitrogen functional groups attached to an aromatic ring is 1. The van der Waals surface area contributed by atoms with Crippen molar-refractivity contribution in [2.45, 2.75) is 23.8 Å². The van der Waals surface area contributed by atoms with Crippen molar-refractivity contribution in [2.75, 3.05) is 5.73 Å². The van der Waals surface area contributed by atoms with E-state index in [2.05, 4.69) is 57.9 Å². The number of hydrogen-bond acceptors (Lipinski definition) is 4. The molecule has 0 amide bonds. The van der Waals surface area contributed by atoms with Gasteiger partial charge in [0.2, 0.25) is 5.95 Å². The van der Waals surface area contributed by atoms with Crippen LogP contribution in [0.5, 0.6) is 0 Å². The summed E-state index contributed by atoms with van der Waals surface area (Å²) in [5.41, 5.74) is 8.14. The van der Waals surface area contributed by atoms with E-state index in [9.17, 15) is 0 Å². The van der Waals surface area contributed by atoms with E-state index >= 15 is 0 Å². The Labute approximate surface area is 113 Å². The molecule has 0 bridgehead atoms. The van der Waals surface area contributed by atoms with Gasteiger partial charge in [0, 0.05) is 11.1 Å². The maximum atomic E-state index is 5.58. The van der Waals surface area contributed by atoms with E-state index in [1.807, 2.05) is 0 Å². The van der Waals surface area contributed by atoms with Crippen molar-refractivity contribution in [3.8, 4) is 0 Å². The summed E-state index contributed by atoms with van der Waals surface area (Å²) < 4.78 is 0.856. The molecule has 0 saturated heterocycles. The highest BCUT2D eigenvalue weighted by molar-refractivity contribution is 9.10. The van der Waals surface area contributed by atoms with Gasteiger partial charge >= 0.3 is 0 Å². The number of benzene rings is 1. The summed E-state index contributed by atoms with van der Waals surface area (Å²) in [6, 6.07) is 6.33. The van der Waals surface area contributed by atoms with Crippen LogP contribution in [0.3, 0.4) is 0 Å². The molecule has 1 aromatic heterocycles. The van der Waals surface area contributed by atoms with Crippen LogP contribution in [0.1, 0.15) is 11.1 Å². The summed E-state index contributed by atoms with van der Waals surface area (Å²) >= 11 is 4.99. The number of aromatic nitrogens is 2. The lowest BCUT2D eigenvalue weighted by atomic mass is 10.1. The number of hydrogen-bond donors (Lipinski definition) is 1. The standard InChI is InChI=1S/C12H12BrN3S/c1-7-3-4-9(5-8(7)2)17-11-10(13)6-15-12(14)16-11/h3-6H,1-2H3,(H2,14,15,16). The topological polar surface area (TPSA) is 51.8 Å². The minimum atomic E-state index is 0.291. The van der Waals surface area contributed by atoms with E-state index in [1.54, 1.807) is 18.0 Å². The fraction of sp³-hybridized carbons (Fsp3) is 0.167. The first-order valence-corrected chi connectivity index (χ1v) is 6.70. The molecular formula is C12H12BrN3S. The molecule has 1 aromatic carbocycles. The van der Waals surface area contributed by atoms with Gasteiger partial charge in [0.15, 0.2) is 0 Å². The van der Waals surface area contributed by atoms with Gasteiger partial charge < -0.3 is 5.73 Å². The molecule has 0 fully saturated rings. The normalized spacial score (nSPS) is 10.5. The number of nitrogens with two attached hydrogens (primary N) is 1. The van der Waals surface area contributed by atoms with E-state index in [4.69, 9.17) is 5.73 Å². The third-order valence-electron chi connectivity index (χ3n) is 2.42.